The van der Waals surface area contributed by atoms with Gasteiger partial charge in [0.2, 0.25) is 0 Å². The van der Waals surface area contributed by atoms with Crippen molar-refractivity contribution >= 4 is 43.7 Å². The summed E-state index contributed by atoms with van der Waals surface area (Å²) in [5, 5.41) is 3.93. The molecule has 0 aliphatic heterocycles. The fraction of sp³-hybridized carbons (Fsp3) is 0.396. The van der Waals surface area contributed by atoms with Gasteiger partial charge >= 0.3 is 0 Å². The van der Waals surface area contributed by atoms with Gasteiger partial charge in [-0.05, 0) is 63.8 Å². The summed E-state index contributed by atoms with van der Waals surface area (Å²) in [6.07, 6.45) is 16.1. The van der Waals surface area contributed by atoms with Crippen LogP contribution < -0.4 is 0 Å². The molecule has 7 heterocycles. The first-order valence-electron chi connectivity index (χ1n) is 19.4. The second-order valence-electron chi connectivity index (χ2n) is 18.8. The topological polar surface area (TPSA) is 69.2 Å². The molecule has 8 rings (SSSR count). The Kier molecular flexibility index (Phi) is 11.6. The predicted molar refractivity (Wildman–Crippen MR) is 235 cm³/mol. The number of aromatic amines is 1. The van der Waals surface area contributed by atoms with Gasteiger partial charge in [0.15, 0.2) is 0 Å². The van der Waals surface area contributed by atoms with Crippen molar-refractivity contribution < 1.29 is 0 Å². The molecule has 8 aromatic rings. The minimum absolute atomic E-state index is 0.102. The summed E-state index contributed by atoms with van der Waals surface area (Å²) in [5.41, 5.74) is 11.9. The van der Waals surface area contributed by atoms with Crippen LogP contribution in [0.5, 0.6) is 0 Å². The van der Waals surface area contributed by atoms with Gasteiger partial charge in [0.1, 0.15) is 0 Å². The standard InChI is InChI=1S/C13H17N.2C12H16N2.C11H14N2/c1-13(2,3)11-9-14(4)12-8-6-5-7-10(11)12;1-12(2,3)10-7-13-8-11-9(10)5-6-14(11)4;1-12(2,3)9-8-14(4)10-6-5-7-13-11(9)10;1-11(2,3)10-9-8(4-6-12-9)5-7-13-10/h5-9H,1-4H3;2*5-8H,1-4H3;4-7,12H,1-3H3. The second-order valence-corrected chi connectivity index (χ2v) is 18.8. The SMILES string of the molecule is CC(C)(C)c1nccc2cc[nH]c12.Cn1cc(C(C)(C)C)c2ccccc21.Cn1cc(C(C)(C)C)c2ncccc21.Cn1ccc2c(C(C)(C)C)cncc21. The molecule has 0 unspecified atom stereocenters. The van der Waals surface area contributed by atoms with E-state index in [4.69, 9.17) is 0 Å². The van der Waals surface area contributed by atoms with E-state index in [0.717, 1.165) is 16.7 Å². The van der Waals surface area contributed by atoms with Gasteiger partial charge in [-0.1, -0.05) is 101 Å². The maximum absolute atomic E-state index is 4.45. The van der Waals surface area contributed by atoms with Crippen LogP contribution in [0.1, 0.15) is 105 Å². The van der Waals surface area contributed by atoms with Gasteiger partial charge in [0.05, 0.1) is 34.0 Å². The number of pyridine rings is 3. The van der Waals surface area contributed by atoms with Crippen molar-refractivity contribution in [1.82, 2.24) is 33.6 Å². The molecule has 55 heavy (non-hydrogen) atoms. The van der Waals surface area contributed by atoms with Crippen molar-refractivity contribution in [1.29, 1.82) is 0 Å². The van der Waals surface area contributed by atoms with Crippen LogP contribution in [-0.4, -0.2) is 33.6 Å². The van der Waals surface area contributed by atoms with Crippen LogP contribution >= 0.6 is 0 Å². The van der Waals surface area contributed by atoms with Crippen molar-refractivity contribution in [3.05, 3.63) is 127 Å². The summed E-state index contributed by atoms with van der Waals surface area (Å²) in [6, 6.07) is 18.9. The summed E-state index contributed by atoms with van der Waals surface area (Å²) < 4.78 is 6.45. The van der Waals surface area contributed by atoms with Gasteiger partial charge in [-0.15, -0.1) is 0 Å². The molecule has 1 N–H and O–H groups in total. The Morgan fingerprint density at radius 1 is 0.509 bits per heavy atom. The number of aromatic nitrogens is 7. The third-order valence-corrected chi connectivity index (χ3v) is 10.1. The van der Waals surface area contributed by atoms with Gasteiger partial charge in [-0.2, -0.15) is 0 Å². The van der Waals surface area contributed by atoms with E-state index in [9.17, 15) is 0 Å². The molecule has 0 aliphatic rings. The lowest BCUT2D eigenvalue weighted by molar-refractivity contribution is 0.574. The van der Waals surface area contributed by atoms with E-state index < -0.39 is 0 Å². The zero-order chi connectivity index (χ0) is 40.5. The number of hydrogen-bond donors (Lipinski definition) is 1. The number of H-pyrrole nitrogens is 1. The lowest BCUT2D eigenvalue weighted by Gasteiger charge is -2.19. The zero-order valence-corrected chi connectivity index (χ0v) is 36.0. The normalized spacial score (nSPS) is 12.3. The molecule has 0 spiro atoms. The highest BCUT2D eigenvalue weighted by Crippen LogP contribution is 2.32. The van der Waals surface area contributed by atoms with E-state index in [1.807, 2.05) is 43.1 Å². The van der Waals surface area contributed by atoms with E-state index in [1.54, 1.807) is 0 Å². The van der Waals surface area contributed by atoms with Crippen molar-refractivity contribution in [2.45, 2.75) is 105 Å². The number of nitrogens with zero attached hydrogens (tertiary/aromatic N) is 6. The van der Waals surface area contributed by atoms with Gasteiger partial charge in [-0.25, -0.2) is 0 Å². The third-order valence-electron chi connectivity index (χ3n) is 10.1. The van der Waals surface area contributed by atoms with Gasteiger partial charge in [0, 0.05) is 97.2 Å². The van der Waals surface area contributed by atoms with Crippen LogP contribution in [0.15, 0.2) is 104 Å². The minimum atomic E-state index is 0.102. The van der Waals surface area contributed by atoms with Crippen molar-refractivity contribution in [3.8, 4) is 0 Å². The average Bonchev–Trinajstić information content (AvgIpc) is 3.90. The predicted octanol–water partition coefficient (Wildman–Crippen LogP) is 12.1. The number of hydrogen-bond acceptors (Lipinski definition) is 3. The molecular weight excluding hydrogens is 675 g/mol. The largest absolute Gasteiger partial charge is 0.360 e. The fourth-order valence-electron chi connectivity index (χ4n) is 7.03. The third kappa shape index (κ3) is 9.21. The summed E-state index contributed by atoms with van der Waals surface area (Å²) in [6.45, 7) is 26.6. The molecule has 0 atom stereocenters. The first-order valence-corrected chi connectivity index (χ1v) is 19.4. The smallest absolute Gasteiger partial charge is 0.0918 e. The molecule has 7 aromatic heterocycles. The molecule has 7 nitrogen and oxygen atoms in total. The summed E-state index contributed by atoms with van der Waals surface area (Å²) in [7, 11) is 6.23. The molecule has 7 heteroatoms. The van der Waals surface area contributed by atoms with E-state index in [-0.39, 0.29) is 21.7 Å². The Morgan fingerprint density at radius 2 is 1.11 bits per heavy atom. The quantitative estimate of drug-likeness (QED) is 0.168. The van der Waals surface area contributed by atoms with Crippen molar-refractivity contribution in [2.75, 3.05) is 0 Å². The number of aryl methyl sites for hydroxylation is 3. The highest BCUT2D eigenvalue weighted by Gasteiger charge is 2.21. The van der Waals surface area contributed by atoms with Crippen LogP contribution in [0.2, 0.25) is 0 Å². The van der Waals surface area contributed by atoms with E-state index >= 15 is 0 Å². The fourth-order valence-corrected chi connectivity index (χ4v) is 7.03. The highest BCUT2D eigenvalue weighted by atomic mass is 14.9. The number of fused-ring (bicyclic) bond motifs is 4. The first-order chi connectivity index (χ1) is 25.6. The van der Waals surface area contributed by atoms with E-state index in [0.29, 0.717) is 0 Å². The van der Waals surface area contributed by atoms with E-state index in [1.165, 1.54) is 49.4 Å². The Bertz CT molecular complexity index is 2410. The molecule has 0 aliphatic carbocycles. The van der Waals surface area contributed by atoms with E-state index in [2.05, 4.69) is 199 Å². The van der Waals surface area contributed by atoms with Gasteiger partial charge < -0.3 is 18.7 Å². The van der Waals surface area contributed by atoms with Crippen LogP contribution in [-0.2, 0) is 42.8 Å². The Balaban J connectivity index is 0.000000141. The lowest BCUT2D eigenvalue weighted by Crippen LogP contribution is -2.13. The Morgan fingerprint density at radius 3 is 1.76 bits per heavy atom. The maximum atomic E-state index is 4.45. The van der Waals surface area contributed by atoms with Crippen LogP contribution in [0.4, 0.5) is 0 Å². The number of nitrogens with one attached hydrogen (secondary N) is 1. The number of rotatable bonds is 0. The summed E-state index contributed by atoms with van der Waals surface area (Å²) in [5.74, 6) is 0. The molecule has 0 radical (unpaired) electrons. The molecule has 0 bridgehead atoms. The van der Waals surface area contributed by atoms with Crippen LogP contribution in [0.25, 0.3) is 43.7 Å². The number of para-hydroxylation sites is 1. The Hall–Kier alpha value is -5.17. The Labute approximate surface area is 328 Å². The van der Waals surface area contributed by atoms with Gasteiger partial charge in [-0.3, -0.25) is 15.0 Å². The zero-order valence-electron chi connectivity index (χ0n) is 36.0. The van der Waals surface area contributed by atoms with Crippen molar-refractivity contribution in [3.63, 3.8) is 0 Å². The minimum Gasteiger partial charge on any atom is -0.360 e. The molecule has 0 saturated heterocycles. The summed E-state index contributed by atoms with van der Waals surface area (Å²) >= 11 is 0. The maximum Gasteiger partial charge on any atom is 0.0918 e. The lowest BCUT2D eigenvalue weighted by atomic mass is 9.86. The second kappa shape index (κ2) is 15.5. The molecular formula is C48H63N7. The number of benzene rings is 1. The first kappa shape index (κ1) is 41.0. The van der Waals surface area contributed by atoms with Crippen LogP contribution in [0.3, 0.4) is 0 Å². The molecule has 0 amide bonds. The molecule has 0 saturated carbocycles. The molecule has 290 valence electrons. The molecule has 0 fully saturated rings. The average molecular weight is 738 g/mol. The highest BCUT2D eigenvalue weighted by molar-refractivity contribution is 5.85. The van der Waals surface area contributed by atoms with Gasteiger partial charge in [0.25, 0.3) is 0 Å². The van der Waals surface area contributed by atoms with Crippen molar-refractivity contribution in [2.24, 2.45) is 21.1 Å². The monoisotopic (exact) mass is 738 g/mol. The molecule has 1 aromatic carbocycles. The van der Waals surface area contributed by atoms with Crippen LogP contribution in [0, 0.1) is 0 Å². The summed E-state index contributed by atoms with van der Waals surface area (Å²) in [4.78, 5) is 16.4.